The lowest BCUT2D eigenvalue weighted by Gasteiger charge is -2.08. The summed E-state index contributed by atoms with van der Waals surface area (Å²) in [6.07, 6.45) is 7.01. The van der Waals surface area contributed by atoms with E-state index in [1.165, 1.54) is 12.8 Å². The van der Waals surface area contributed by atoms with Crippen LogP contribution in [0.15, 0.2) is 11.8 Å². The van der Waals surface area contributed by atoms with Gasteiger partial charge in [-0.2, -0.15) is 0 Å². The number of ether oxygens (including phenoxy) is 2. The minimum absolute atomic E-state index is 0.271. The second kappa shape index (κ2) is 4.39. The maximum atomic E-state index is 5.25. The summed E-state index contributed by atoms with van der Waals surface area (Å²) in [5.74, 6) is 1.08. The Kier molecular flexibility index (Phi) is 3.43. The minimum Gasteiger partial charge on any atom is -0.501 e. The average molecular weight is 156 g/mol. The molecule has 0 saturated heterocycles. The number of allylic oxidation sites excluding steroid dienone is 1. The molecule has 0 aliphatic heterocycles. The molecule has 2 heteroatoms. The fraction of sp³-hybridized carbons (Fsp3) is 0.778. The maximum Gasteiger partial charge on any atom is 0.0941 e. The molecule has 0 bridgehead atoms. The summed E-state index contributed by atoms with van der Waals surface area (Å²) in [6.45, 7) is 0. The molecular weight excluding hydrogens is 140 g/mol. The van der Waals surface area contributed by atoms with Crippen molar-refractivity contribution >= 4 is 0 Å². The lowest BCUT2D eigenvalue weighted by molar-refractivity contribution is 0.130. The molecule has 0 aromatic heterocycles. The Labute approximate surface area is 68.2 Å². The molecule has 0 spiro atoms. The zero-order chi connectivity index (χ0) is 8.10. The van der Waals surface area contributed by atoms with Gasteiger partial charge in [-0.25, -0.2) is 0 Å². The summed E-state index contributed by atoms with van der Waals surface area (Å²) in [7, 11) is 3.48. The summed E-state index contributed by atoms with van der Waals surface area (Å²) in [6, 6.07) is 0. The molecule has 0 aromatic carbocycles. The number of hydrogen-bond donors (Lipinski definition) is 0. The van der Waals surface area contributed by atoms with E-state index in [2.05, 4.69) is 6.08 Å². The monoisotopic (exact) mass is 156 g/mol. The first-order chi connectivity index (χ1) is 5.36. The van der Waals surface area contributed by atoms with Crippen LogP contribution in [0.3, 0.4) is 0 Å². The van der Waals surface area contributed by atoms with Crippen molar-refractivity contribution in [3.63, 3.8) is 0 Å². The molecule has 1 unspecified atom stereocenters. The quantitative estimate of drug-likeness (QED) is 0.609. The lowest BCUT2D eigenvalue weighted by Crippen LogP contribution is -2.05. The first kappa shape index (κ1) is 8.60. The molecule has 0 radical (unpaired) electrons. The topological polar surface area (TPSA) is 18.5 Å². The molecule has 1 aliphatic carbocycles. The number of rotatable bonds is 2. The Morgan fingerprint density at radius 2 is 2.18 bits per heavy atom. The van der Waals surface area contributed by atoms with Crippen molar-refractivity contribution in [2.45, 2.75) is 31.8 Å². The van der Waals surface area contributed by atoms with Gasteiger partial charge < -0.3 is 9.47 Å². The van der Waals surface area contributed by atoms with Crippen molar-refractivity contribution in [2.24, 2.45) is 0 Å². The van der Waals surface area contributed by atoms with E-state index in [0.29, 0.717) is 0 Å². The second-order valence-electron chi connectivity index (χ2n) is 2.86. The molecule has 64 valence electrons. The van der Waals surface area contributed by atoms with Crippen molar-refractivity contribution in [1.82, 2.24) is 0 Å². The second-order valence-corrected chi connectivity index (χ2v) is 2.86. The van der Waals surface area contributed by atoms with Gasteiger partial charge in [0.05, 0.1) is 19.0 Å². The fourth-order valence-corrected chi connectivity index (χ4v) is 1.37. The van der Waals surface area contributed by atoms with Gasteiger partial charge in [-0.15, -0.1) is 0 Å². The van der Waals surface area contributed by atoms with Crippen LogP contribution in [0.4, 0.5) is 0 Å². The van der Waals surface area contributed by atoms with Crippen molar-refractivity contribution in [1.29, 1.82) is 0 Å². The van der Waals surface area contributed by atoms with Crippen molar-refractivity contribution in [2.75, 3.05) is 14.2 Å². The van der Waals surface area contributed by atoms with Gasteiger partial charge in [0.25, 0.3) is 0 Å². The summed E-state index contributed by atoms with van der Waals surface area (Å²) < 4.78 is 10.4. The first-order valence-corrected chi connectivity index (χ1v) is 4.14. The highest BCUT2D eigenvalue weighted by molar-refractivity contribution is 5.00. The zero-order valence-corrected chi connectivity index (χ0v) is 7.30. The number of methoxy groups -OCH3 is 2. The Morgan fingerprint density at radius 3 is 2.82 bits per heavy atom. The standard InChI is InChI=1S/C9H16O2/c1-10-8-5-3-4-6-9(7-8)11-2/h7-8H,3-6H2,1-2H3. The first-order valence-electron chi connectivity index (χ1n) is 4.14. The molecular formula is C9H16O2. The van der Waals surface area contributed by atoms with Crippen LogP contribution in [-0.4, -0.2) is 20.3 Å². The third-order valence-electron chi connectivity index (χ3n) is 2.10. The van der Waals surface area contributed by atoms with Crippen LogP contribution < -0.4 is 0 Å². The highest BCUT2D eigenvalue weighted by Gasteiger charge is 2.10. The van der Waals surface area contributed by atoms with Crippen LogP contribution in [0.1, 0.15) is 25.7 Å². The van der Waals surface area contributed by atoms with Gasteiger partial charge >= 0.3 is 0 Å². The number of hydrogen-bond acceptors (Lipinski definition) is 2. The van der Waals surface area contributed by atoms with E-state index in [1.807, 2.05) is 0 Å². The molecule has 0 N–H and O–H groups in total. The zero-order valence-electron chi connectivity index (χ0n) is 7.30. The smallest absolute Gasteiger partial charge is 0.0941 e. The van der Waals surface area contributed by atoms with Gasteiger partial charge in [-0.3, -0.25) is 0 Å². The summed E-state index contributed by atoms with van der Waals surface area (Å²) in [5.41, 5.74) is 0. The fourth-order valence-electron chi connectivity index (χ4n) is 1.37. The van der Waals surface area contributed by atoms with Gasteiger partial charge in [0.15, 0.2) is 0 Å². The van der Waals surface area contributed by atoms with Crippen LogP contribution in [0.5, 0.6) is 0 Å². The van der Waals surface area contributed by atoms with E-state index in [4.69, 9.17) is 9.47 Å². The van der Waals surface area contributed by atoms with Gasteiger partial charge in [-0.05, 0) is 18.9 Å². The lowest BCUT2D eigenvalue weighted by atomic mass is 10.2. The van der Waals surface area contributed by atoms with E-state index < -0.39 is 0 Å². The van der Waals surface area contributed by atoms with Crippen LogP contribution in [0.25, 0.3) is 0 Å². The molecule has 1 aliphatic rings. The van der Waals surface area contributed by atoms with Crippen LogP contribution in [0, 0.1) is 0 Å². The summed E-state index contributed by atoms with van der Waals surface area (Å²) >= 11 is 0. The SMILES string of the molecule is COC1=CC(OC)CCCC1. The predicted octanol–water partition coefficient (Wildman–Crippen LogP) is 2.11. The van der Waals surface area contributed by atoms with Crippen molar-refractivity contribution < 1.29 is 9.47 Å². The molecule has 2 nitrogen and oxygen atoms in total. The molecule has 1 atom stereocenters. The Bertz CT molecular complexity index is 140. The van der Waals surface area contributed by atoms with E-state index in [-0.39, 0.29) is 6.10 Å². The van der Waals surface area contributed by atoms with Crippen LogP contribution in [-0.2, 0) is 9.47 Å². The largest absolute Gasteiger partial charge is 0.501 e. The third-order valence-corrected chi connectivity index (χ3v) is 2.10. The van der Waals surface area contributed by atoms with Gasteiger partial charge in [0.1, 0.15) is 0 Å². The molecule has 0 heterocycles. The van der Waals surface area contributed by atoms with Gasteiger partial charge in [-0.1, -0.05) is 6.42 Å². The predicted molar refractivity (Wildman–Crippen MR) is 44.4 cm³/mol. The summed E-state index contributed by atoms with van der Waals surface area (Å²) in [5, 5.41) is 0. The Morgan fingerprint density at radius 1 is 1.36 bits per heavy atom. The maximum absolute atomic E-state index is 5.25. The highest BCUT2D eigenvalue weighted by atomic mass is 16.5. The summed E-state index contributed by atoms with van der Waals surface area (Å²) in [4.78, 5) is 0. The average Bonchev–Trinajstić information content (AvgIpc) is 2.28. The molecule has 11 heavy (non-hydrogen) atoms. The van der Waals surface area contributed by atoms with E-state index in [9.17, 15) is 0 Å². The van der Waals surface area contributed by atoms with Crippen molar-refractivity contribution in [3.8, 4) is 0 Å². The third kappa shape index (κ3) is 2.54. The van der Waals surface area contributed by atoms with Crippen LogP contribution >= 0.6 is 0 Å². The van der Waals surface area contributed by atoms with E-state index >= 15 is 0 Å². The Balaban J connectivity index is 2.52. The highest BCUT2D eigenvalue weighted by Crippen LogP contribution is 2.19. The van der Waals surface area contributed by atoms with Gasteiger partial charge in [0, 0.05) is 13.5 Å². The van der Waals surface area contributed by atoms with Crippen LogP contribution in [0.2, 0.25) is 0 Å². The molecule has 0 fully saturated rings. The molecule has 0 amide bonds. The van der Waals surface area contributed by atoms with E-state index in [0.717, 1.165) is 18.6 Å². The van der Waals surface area contributed by atoms with Gasteiger partial charge in [0.2, 0.25) is 0 Å². The van der Waals surface area contributed by atoms with E-state index in [1.54, 1.807) is 14.2 Å². The molecule has 1 rings (SSSR count). The molecule has 0 aromatic rings. The Hall–Kier alpha value is -0.500. The van der Waals surface area contributed by atoms with Crippen molar-refractivity contribution in [3.05, 3.63) is 11.8 Å². The minimum atomic E-state index is 0.271. The normalized spacial score (nSPS) is 25.6. The molecule has 0 saturated carbocycles.